The van der Waals surface area contributed by atoms with Gasteiger partial charge in [0.05, 0.1) is 40.3 Å². The van der Waals surface area contributed by atoms with Gasteiger partial charge in [-0.15, -0.1) is 0 Å². The third-order valence-corrected chi connectivity index (χ3v) is 7.99. The van der Waals surface area contributed by atoms with Crippen molar-refractivity contribution in [2.45, 2.75) is 167 Å². The molecular weight excluding hydrogens is 546 g/mol. The number of hydrogen-bond acceptors (Lipinski definition) is 7. The SMILES string of the molecule is CCCCCCCCCCCCCCCC(=O)OC(COCCC(C(=O)[O-])[N+](C)(C)C)COC(=O)CCCCCCCC. The van der Waals surface area contributed by atoms with E-state index in [1.54, 1.807) is 21.1 Å². The first-order valence-corrected chi connectivity index (χ1v) is 17.6. The second-order valence-electron chi connectivity index (χ2n) is 13.1. The molecule has 43 heavy (non-hydrogen) atoms. The van der Waals surface area contributed by atoms with Gasteiger partial charge >= 0.3 is 11.9 Å². The summed E-state index contributed by atoms with van der Waals surface area (Å²) in [4.78, 5) is 36.3. The number of nitrogens with zero attached hydrogens (tertiary/aromatic N) is 1. The van der Waals surface area contributed by atoms with Crippen molar-refractivity contribution in [3.05, 3.63) is 0 Å². The Bertz CT molecular complexity index is 692. The fourth-order valence-corrected chi connectivity index (χ4v) is 5.19. The van der Waals surface area contributed by atoms with Crippen molar-refractivity contribution >= 4 is 17.9 Å². The molecule has 0 heterocycles. The Morgan fingerprint density at radius 1 is 0.605 bits per heavy atom. The van der Waals surface area contributed by atoms with Crippen LogP contribution in [-0.4, -0.2) is 75.5 Å². The molecular formula is C35H67NO7. The molecule has 0 saturated carbocycles. The number of quaternary nitrogens is 1. The van der Waals surface area contributed by atoms with E-state index in [9.17, 15) is 19.5 Å². The summed E-state index contributed by atoms with van der Waals surface area (Å²) in [5.41, 5.74) is 0. The predicted octanol–water partition coefficient (Wildman–Crippen LogP) is 6.90. The van der Waals surface area contributed by atoms with Gasteiger partial charge in [-0.2, -0.15) is 0 Å². The lowest BCUT2D eigenvalue weighted by molar-refractivity contribution is -0.889. The first-order valence-electron chi connectivity index (χ1n) is 17.6. The maximum Gasteiger partial charge on any atom is 0.306 e. The highest BCUT2D eigenvalue weighted by atomic mass is 16.6. The highest BCUT2D eigenvalue weighted by Gasteiger charge is 2.25. The molecule has 0 amide bonds. The summed E-state index contributed by atoms with van der Waals surface area (Å²) in [5, 5.41) is 11.5. The first-order chi connectivity index (χ1) is 20.6. The topological polar surface area (TPSA) is 102 Å². The van der Waals surface area contributed by atoms with E-state index in [0.29, 0.717) is 12.8 Å². The van der Waals surface area contributed by atoms with Gasteiger partial charge in [-0.05, 0) is 12.8 Å². The zero-order valence-electron chi connectivity index (χ0n) is 28.6. The van der Waals surface area contributed by atoms with Crippen LogP contribution in [0.5, 0.6) is 0 Å². The molecule has 0 aliphatic heterocycles. The van der Waals surface area contributed by atoms with Crippen LogP contribution in [0.2, 0.25) is 0 Å². The van der Waals surface area contributed by atoms with Gasteiger partial charge in [0.2, 0.25) is 0 Å². The Morgan fingerprint density at radius 3 is 1.44 bits per heavy atom. The van der Waals surface area contributed by atoms with E-state index in [1.807, 2.05) is 0 Å². The molecule has 0 radical (unpaired) electrons. The number of ether oxygens (including phenoxy) is 3. The Balaban J connectivity index is 4.38. The Kier molecular flexibility index (Phi) is 26.8. The number of rotatable bonds is 31. The maximum absolute atomic E-state index is 12.6. The van der Waals surface area contributed by atoms with Crippen LogP contribution in [-0.2, 0) is 28.6 Å². The van der Waals surface area contributed by atoms with Gasteiger partial charge in [0.1, 0.15) is 12.6 Å². The minimum Gasteiger partial charge on any atom is -0.544 e. The molecule has 2 atom stereocenters. The van der Waals surface area contributed by atoms with E-state index in [1.165, 1.54) is 83.5 Å². The second kappa shape index (κ2) is 27.8. The summed E-state index contributed by atoms with van der Waals surface area (Å²) in [6, 6.07) is -0.716. The highest BCUT2D eigenvalue weighted by molar-refractivity contribution is 5.70. The van der Waals surface area contributed by atoms with Gasteiger partial charge in [0, 0.05) is 19.3 Å². The van der Waals surface area contributed by atoms with Crippen LogP contribution in [0.4, 0.5) is 0 Å². The van der Waals surface area contributed by atoms with E-state index in [0.717, 1.165) is 38.5 Å². The number of carboxylic acid groups (broad SMARTS) is 1. The van der Waals surface area contributed by atoms with Crippen molar-refractivity contribution < 1.29 is 38.2 Å². The maximum atomic E-state index is 12.6. The third kappa shape index (κ3) is 26.5. The molecule has 0 aromatic rings. The van der Waals surface area contributed by atoms with E-state index in [-0.39, 0.29) is 42.7 Å². The summed E-state index contributed by atoms with van der Waals surface area (Å²) >= 11 is 0. The number of carbonyl (C=O) groups excluding carboxylic acids is 3. The molecule has 0 aromatic carbocycles. The number of carboxylic acids is 1. The summed E-state index contributed by atoms with van der Waals surface area (Å²) < 4.78 is 17.0. The average Bonchev–Trinajstić information content (AvgIpc) is 2.94. The van der Waals surface area contributed by atoms with Crippen LogP contribution in [0.1, 0.15) is 155 Å². The van der Waals surface area contributed by atoms with Gasteiger partial charge in [0.25, 0.3) is 0 Å². The van der Waals surface area contributed by atoms with Crippen molar-refractivity contribution in [3.63, 3.8) is 0 Å². The number of unbranched alkanes of at least 4 members (excludes halogenated alkanes) is 17. The lowest BCUT2D eigenvalue weighted by Gasteiger charge is -2.34. The predicted molar refractivity (Wildman–Crippen MR) is 171 cm³/mol. The summed E-state index contributed by atoms with van der Waals surface area (Å²) in [7, 11) is 5.39. The Labute approximate surface area is 264 Å². The molecule has 8 heteroatoms. The summed E-state index contributed by atoms with van der Waals surface area (Å²) in [5.74, 6) is -1.74. The number of esters is 2. The van der Waals surface area contributed by atoms with Crippen molar-refractivity contribution in [2.24, 2.45) is 0 Å². The number of aliphatic carboxylic acids is 1. The van der Waals surface area contributed by atoms with Crippen molar-refractivity contribution in [3.8, 4) is 0 Å². The first kappa shape index (κ1) is 41.3. The van der Waals surface area contributed by atoms with E-state index < -0.39 is 18.1 Å². The summed E-state index contributed by atoms with van der Waals surface area (Å²) in [6.07, 6.45) is 22.8. The van der Waals surface area contributed by atoms with Crippen LogP contribution in [0.25, 0.3) is 0 Å². The number of hydrogen-bond donors (Lipinski definition) is 0. The van der Waals surface area contributed by atoms with Crippen LogP contribution >= 0.6 is 0 Å². The van der Waals surface area contributed by atoms with Gasteiger partial charge < -0.3 is 28.6 Å². The fourth-order valence-electron chi connectivity index (χ4n) is 5.19. The van der Waals surface area contributed by atoms with E-state index >= 15 is 0 Å². The zero-order valence-corrected chi connectivity index (χ0v) is 28.6. The van der Waals surface area contributed by atoms with Gasteiger partial charge in [-0.25, -0.2) is 0 Å². The van der Waals surface area contributed by atoms with Crippen LogP contribution in [0.15, 0.2) is 0 Å². The highest BCUT2D eigenvalue weighted by Crippen LogP contribution is 2.14. The van der Waals surface area contributed by atoms with Crippen molar-refractivity contribution in [2.75, 3.05) is 41.0 Å². The molecule has 0 spiro atoms. The molecule has 0 aliphatic carbocycles. The molecule has 0 aromatic heterocycles. The minimum atomic E-state index is -1.12. The smallest absolute Gasteiger partial charge is 0.306 e. The monoisotopic (exact) mass is 613 g/mol. The Morgan fingerprint density at radius 2 is 1.02 bits per heavy atom. The number of carbonyl (C=O) groups is 3. The van der Waals surface area contributed by atoms with Crippen molar-refractivity contribution in [1.82, 2.24) is 0 Å². The van der Waals surface area contributed by atoms with Gasteiger partial charge in [-0.1, -0.05) is 123 Å². The molecule has 0 bridgehead atoms. The molecule has 8 nitrogen and oxygen atoms in total. The molecule has 254 valence electrons. The normalized spacial score (nSPS) is 13.0. The summed E-state index contributed by atoms with van der Waals surface area (Å²) in [6.45, 7) is 4.59. The lowest BCUT2D eigenvalue weighted by Crippen LogP contribution is -2.55. The standard InChI is InChI=1S/C35H67NO7/c1-6-8-10-12-14-15-16-17-18-19-20-22-24-26-34(38)43-31(29-41-28-27-32(35(39)40)36(3,4)5)30-42-33(37)25-23-21-13-11-9-7-2/h31-32H,6-30H2,1-5H3. The molecule has 0 rings (SSSR count). The minimum absolute atomic E-state index is 0.0472. The lowest BCUT2D eigenvalue weighted by atomic mass is 10.0. The van der Waals surface area contributed by atoms with E-state index in [2.05, 4.69) is 13.8 Å². The van der Waals surface area contributed by atoms with Crippen LogP contribution in [0, 0.1) is 0 Å². The quantitative estimate of drug-likeness (QED) is 0.0476. The van der Waals surface area contributed by atoms with Gasteiger partial charge in [-0.3, -0.25) is 9.59 Å². The largest absolute Gasteiger partial charge is 0.544 e. The zero-order chi connectivity index (χ0) is 32.2. The van der Waals surface area contributed by atoms with Crippen molar-refractivity contribution in [1.29, 1.82) is 0 Å². The van der Waals surface area contributed by atoms with Crippen LogP contribution in [0.3, 0.4) is 0 Å². The van der Waals surface area contributed by atoms with Crippen LogP contribution < -0.4 is 5.11 Å². The second-order valence-corrected chi connectivity index (χ2v) is 13.1. The molecule has 0 aliphatic rings. The van der Waals surface area contributed by atoms with E-state index in [4.69, 9.17) is 14.2 Å². The molecule has 0 saturated heterocycles. The average molecular weight is 614 g/mol. The molecule has 2 unspecified atom stereocenters. The van der Waals surface area contributed by atoms with Gasteiger partial charge in [0.15, 0.2) is 6.10 Å². The fraction of sp³-hybridized carbons (Fsp3) is 0.914. The molecule has 0 fully saturated rings. The molecule has 0 N–H and O–H groups in total. The Hall–Kier alpha value is -1.67. The third-order valence-electron chi connectivity index (χ3n) is 7.99. The number of likely N-dealkylation sites (N-methyl/N-ethyl adjacent to an activating group) is 1.